The first-order valence-electron chi connectivity index (χ1n) is 5.68. The van der Waals surface area contributed by atoms with Crippen LogP contribution < -0.4 is 5.32 Å². The largest absolute Gasteiger partial charge is 0.447 e. The normalized spacial score (nSPS) is 13.4. The molecule has 0 aromatic heterocycles. The lowest BCUT2D eigenvalue weighted by Crippen LogP contribution is -2.49. The highest BCUT2D eigenvalue weighted by Crippen LogP contribution is 2.21. The van der Waals surface area contributed by atoms with Crippen LogP contribution in [0.1, 0.15) is 48.0 Å². The molecule has 1 atom stereocenters. The maximum Gasteiger partial charge on any atom is 0.407 e. The molecule has 0 saturated carbocycles. The van der Waals surface area contributed by atoms with Gasteiger partial charge in [0, 0.05) is 6.42 Å². The van der Waals surface area contributed by atoms with Gasteiger partial charge in [-0.25, -0.2) is 4.79 Å². The van der Waals surface area contributed by atoms with Crippen LogP contribution in [0.3, 0.4) is 0 Å². The molecule has 0 fully saturated rings. The van der Waals surface area contributed by atoms with E-state index >= 15 is 0 Å². The molecule has 0 aliphatic carbocycles. The van der Waals surface area contributed by atoms with Gasteiger partial charge < -0.3 is 10.1 Å². The average Bonchev–Trinajstić information content (AvgIpc) is 2.10. The summed E-state index contributed by atoms with van der Waals surface area (Å²) in [6.07, 6.45) is -0.307. The summed E-state index contributed by atoms with van der Waals surface area (Å²) in [5.41, 5.74) is -0.302. The first kappa shape index (κ1) is 14.9. The summed E-state index contributed by atoms with van der Waals surface area (Å²) in [5, 5.41) is 2.63. The van der Waals surface area contributed by atoms with Crippen LogP contribution in [-0.2, 0) is 9.53 Å². The highest BCUT2D eigenvalue weighted by Gasteiger charge is 2.31. The van der Waals surface area contributed by atoms with Crippen molar-refractivity contribution in [1.29, 1.82) is 0 Å². The van der Waals surface area contributed by atoms with Crippen molar-refractivity contribution in [3.05, 3.63) is 0 Å². The first-order chi connectivity index (χ1) is 7.18. The highest BCUT2D eigenvalue weighted by molar-refractivity contribution is 5.87. The Labute approximate surface area is 97.7 Å². The van der Waals surface area contributed by atoms with E-state index in [2.05, 4.69) is 5.32 Å². The van der Waals surface area contributed by atoms with Crippen molar-refractivity contribution in [1.82, 2.24) is 5.32 Å². The molecule has 16 heavy (non-hydrogen) atoms. The number of amides is 1. The van der Waals surface area contributed by atoms with E-state index in [0.717, 1.165) is 0 Å². The van der Waals surface area contributed by atoms with Crippen molar-refractivity contribution < 1.29 is 14.3 Å². The van der Waals surface area contributed by atoms with E-state index in [4.69, 9.17) is 4.74 Å². The molecule has 4 nitrogen and oxygen atoms in total. The van der Waals surface area contributed by atoms with Crippen LogP contribution in [0.15, 0.2) is 0 Å². The second kappa shape index (κ2) is 5.87. The standard InChI is InChI=1S/C12H23NO3/c1-7-9(14)10(12(4,5)6)13-11(15)16-8(2)3/h8,10H,7H2,1-6H3,(H,13,15). The molecule has 94 valence electrons. The third-order valence-electron chi connectivity index (χ3n) is 2.14. The van der Waals surface area contributed by atoms with Crippen LogP contribution in [-0.4, -0.2) is 24.0 Å². The molecule has 0 heterocycles. The van der Waals surface area contributed by atoms with Crippen LogP contribution in [0.25, 0.3) is 0 Å². The fourth-order valence-electron chi connectivity index (χ4n) is 1.35. The number of rotatable bonds is 4. The minimum atomic E-state index is -0.531. The Hall–Kier alpha value is -1.06. The van der Waals surface area contributed by atoms with Gasteiger partial charge in [-0.1, -0.05) is 27.7 Å². The summed E-state index contributed by atoms with van der Waals surface area (Å²) >= 11 is 0. The zero-order valence-electron chi connectivity index (χ0n) is 11.1. The molecule has 0 aliphatic heterocycles. The molecule has 4 heteroatoms. The number of carbonyl (C=O) groups is 2. The fraction of sp³-hybridized carbons (Fsp3) is 0.833. The Balaban J connectivity index is 4.57. The third-order valence-corrected chi connectivity index (χ3v) is 2.14. The molecule has 1 N–H and O–H groups in total. The van der Waals surface area contributed by atoms with E-state index in [9.17, 15) is 9.59 Å². The van der Waals surface area contributed by atoms with Crippen LogP contribution in [0, 0.1) is 5.41 Å². The molecular formula is C12H23NO3. The number of hydrogen-bond donors (Lipinski definition) is 1. The zero-order chi connectivity index (χ0) is 12.9. The topological polar surface area (TPSA) is 55.4 Å². The number of alkyl carbamates (subject to hydrolysis) is 1. The molecule has 0 aromatic carbocycles. The van der Waals surface area contributed by atoms with E-state index in [1.54, 1.807) is 20.8 Å². The minimum Gasteiger partial charge on any atom is -0.447 e. The predicted molar refractivity (Wildman–Crippen MR) is 63.3 cm³/mol. The predicted octanol–water partition coefficient (Wildman–Crippen LogP) is 2.51. The Morgan fingerprint density at radius 3 is 2.06 bits per heavy atom. The molecule has 0 rings (SSSR count). The molecule has 0 aromatic rings. The average molecular weight is 229 g/mol. The van der Waals surface area contributed by atoms with E-state index in [0.29, 0.717) is 6.42 Å². The number of hydrogen-bond acceptors (Lipinski definition) is 3. The van der Waals surface area contributed by atoms with Crippen molar-refractivity contribution in [2.45, 2.75) is 60.1 Å². The summed E-state index contributed by atoms with van der Waals surface area (Å²) in [4.78, 5) is 23.2. The molecule has 1 amide bonds. The lowest BCUT2D eigenvalue weighted by atomic mass is 9.83. The van der Waals surface area contributed by atoms with Crippen LogP contribution in [0.4, 0.5) is 4.79 Å². The lowest BCUT2D eigenvalue weighted by Gasteiger charge is -2.29. The van der Waals surface area contributed by atoms with Gasteiger partial charge in [-0.2, -0.15) is 0 Å². The summed E-state index contributed by atoms with van der Waals surface area (Å²) < 4.78 is 4.97. The Bertz CT molecular complexity index is 253. The van der Waals surface area contributed by atoms with Gasteiger partial charge >= 0.3 is 6.09 Å². The van der Waals surface area contributed by atoms with Crippen molar-refractivity contribution in [3.63, 3.8) is 0 Å². The van der Waals surface area contributed by atoms with Crippen molar-refractivity contribution in [2.75, 3.05) is 0 Å². The molecule has 0 saturated heterocycles. The van der Waals surface area contributed by atoms with Gasteiger partial charge in [0.05, 0.1) is 12.1 Å². The van der Waals surface area contributed by atoms with Crippen LogP contribution in [0.2, 0.25) is 0 Å². The molecule has 0 aliphatic rings. The van der Waals surface area contributed by atoms with Gasteiger partial charge in [0.1, 0.15) is 0 Å². The van der Waals surface area contributed by atoms with Crippen molar-refractivity contribution in [3.8, 4) is 0 Å². The van der Waals surface area contributed by atoms with E-state index in [1.807, 2.05) is 20.8 Å². The number of Topliss-reactive ketones (excluding diaryl/α,β-unsaturated/α-hetero) is 1. The Morgan fingerprint density at radius 1 is 1.25 bits per heavy atom. The SMILES string of the molecule is CCC(=O)C(NC(=O)OC(C)C)C(C)(C)C. The lowest BCUT2D eigenvalue weighted by molar-refractivity contribution is -0.123. The minimum absolute atomic E-state index is 0.0215. The number of ketones is 1. The smallest absolute Gasteiger partial charge is 0.407 e. The summed E-state index contributed by atoms with van der Waals surface area (Å²) in [7, 11) is 0. The molecule has 0 bridgehead atoms. The van der Waals surface area contributed by atoms with Gasteiger partial charge in [-0.15, -0.1) is 0 Å². The third kappa shape index (κ3) is 5.14. The molecule has 0 spiro atoms. The maximum absolute atomic E-state index is 11.7. The van der Waals surface area contributed by atoms with Gasteiger partial charge in [-0.05, 0) is 19.3 Å². The molecule has 1 unspecified atom stereocenters. The first-order valence-corrected chi connectivity index (χ1v) is 5.68. The summed E-state index contributed by atoms with van der Waals surface area (Å²) in [5.74, 6) is 0.0215. The van der Waals surface area contributed by atoms with E-state index in [-0.39, 0.29) is 17.3 Å². The monoisotopic (exact) mass is 229 g/mol. The summed E-state index contributed by atoms with van der Waals surface area (Å²) in [6, 6.07) is -0.497. The van der Waals surface area contributed by atoms with Gasteiger partial charge in [-0.3, -0.25) is 4.79 Å². The molecular weight excluding hydrogens is 206 g/mol. The van der Waals surface area contributed by atoms with Gasteiger partial charge in [0.2, 0.25) is 0 Å². The van der Waals surface area contributed by atoms with Crippen molar-refractivity contribution >= 4 is 11.9 Å². The van der Waals surface area contributed by atoms with E-state index < -0.39 is 12.1 Å². The zero-order valence-corrected chi connectivity index (χ0v) is 11.1. The quantitative estimate of drug-likeness (QED) is 0.805. The Morgan fingerprint density at radius 2 is 1.75 bits per heavy atom. The second-order valence-electron chi connectivity index (χ2n) is 5.22. The second-order valence-corrected chi connectivity index (χ2v) is 5.22. The number of carbonyl (C=O) groups excluding carboxylic acids is 2. The highest BCUT2D eigenvalue weighted by atomic mass is 16.6. The number of nitrogens with one attached hydrogen (secondary N) is 1. The van der Waals surface area contributed by atoms with Gasteiger partial charge in [0.25, 0.3) is 0 Å². The van der Waals surface area contributed by atoms with Gasteiger partial charge in [0.15, 0.2) is 5.78 Å². The maximum atomic E-state index is 11.7. The van der Waals surface area contributed by atoms with Crippen molar-refractivity contribution in [2.24, 2.45) is 5.41 Å². The van der Waals surface area contributed by atoms with Crippen LogP contribution in [0.5, 0.6) is 0 Å². The fourth-order valence-corrected chi connectivity index (χ4v) is 1.35. The number of ether oxygens (including phenoxy) is 1. The molecule has 0 radical (unpaired) electrons. The Kier molecular flexibility index (Phi) is 5.48. The summed E-state index contributed by atoms with van der Waals surface area (Å²) in [6.45, 7) is 11.1. The van der Waals surface area contributed by atoms with Crippen LogP contribution >= 0.6 is 0 Å². The van der Waals surface area contributed by atoms with E-state index in [1.165, 1.54) is 0 Å².